The second kappa shape index (κ2) is 6.24. The molecule has 7 heteroatoms. The Morgan fingerprint density at radius 1 is 1.00 bits per heavy atom. The molecule has 2 heterocycles. The minimum absolute atomic E-state index is 0.117. The lowest BCUT2D eigenvalue weighted by Gasteiger charge is -2.09. The Hall–Kier alpha value is -3.25. The number of hydrogen-bond donors (Lipinski definition) is 1. The summed E-state index contributed by atoms with van der Waals surface area (Å²) in [6.45, 7) is 0. The Balaban J connectivity index is 1.98. The van der Waals surface area contributed by atoms with Crippen molar-refractivity contribution in [3.63, 3.8) is 0 Å². The molecule has 26 heavy (non-hydrogen) atoms. The number of carboxylic acid groups (broad SMARTS) is 1. The number of benzene rings is 2. The zero-order chi connectivity index (χ0) is 18.3. The van der Waals surface area contributed by atoms with Gasteiger partial charge in [-0.3, -0.25) is 0 Å². The highest BCUT2D eigenvalue weighted by Gasteiger charge is 2.15. The zero-order valence-corrected chi connectivity index (χ0v) is 14.0. The average Bonchev–Trinajstić information content (AvgIpc) is 3.07. The molecular weight excluding hydrogens is 357 g/mol. The van der Waals surface area contributed by atoms with Gasteiger partial charge in [-0.15, -0.1) is 0 Å². The lowest BCUT2D eigenvalue weighted by atomic mass is 10.1. The summed E-state index contributed by atoms with van der Waals surface area (Å²) >= 11 is 5.94. The SMILES string of the molecule is O=C(O)c1cc2nc(-c3ccc(Cl)cc3)cc(-c3ccc(F)cc3)n2n1. The van der Waals surface area contributed by atoms with Gasteiger partial charge >= 0.3 is 5.97 Å². The Morgan fingerprint density at radius 3 is 2.31 bits per heavy atom. The van der Waals surface area contributed by atoms with Crippen LogP contribution < -0.4 is 0 Å². The molecule has 4 aromatic rings. The third-order valence-corrected chi connectivity index (χ3v) is 4.18. The van der Waals surface area contributed by atoms with Crippen LogP contribution in [0.5, 0.6) is 0 Å². The van der Waals surface area contributed by atoms with E-state index >= 15 is 0 Å². The molecule has 0 radical (unpaired) electrons. The van der Waals surface area contributed by atoms with E-state index in [1.165, 1.54) is 22.7 Å². The van der Waals surface area contributed by atoms with Gasteiger partial charge in [-0.05, 0) is 42.5 Å². The third-order valence-electron chi connectivity index (χ3n) is 3.93. The van der Waals surface area contributed by atoms with E-state index in [4.69, 9.17) is 11.6 Å². The van der Waals surface area contributed by atoms with E-state index in [1.807, 2.05) is 12.1 Å². The van der Waals surface area contributed by atoms with Crippen LogP contribution in [-0.4, -0.2) is 25.7 Å². The van der Waals surface area contributed by atoms with E-state index in [9.17, 15) is 14.3 Å². The van der Waals surface area contributed by atoms with E-state index < -0.39 is 5.97 Å². The number of fused-ring (bicyclic) bond motifs is 1. The fraction of sp³-hybridized carbons (Fsp3) is 0. The van der Waals surface area contributed by atoms with Crippen molar-refractivity contribution >= 4 is 23.2 Å². The van der Waals surface area contributed by atoms with Gasteiger partial charge in [-0.1, -0.05) is 23.7 Å². The number of hydrogen-bond acceptors (Lipinski definition) is 3. The average molecular weight is 368 g/mol. The largest absolute Gasteiger partial charge is 0.476 e. The molecule has 0 saturated heterocycles. The zero-order valence-electron chi connectivity index (χ0n) is 13.2. The Kier molecular flexibility index (Phi) is 3.89. The molecule has 1 N–H and O–H groups in total. The summed E-state index contributed by atoms with van der Waals surface area (Å²) in [4.78, 5) is 15.8. The molecule has 5 nitrogen and oxygen atoms in total. The second-order valence-corrected chi connectivity index (χ2v) is 6.08. The van der Waals surface area contributed by atoms with Crippen LogP contribution in [0, 0.1) is 5.82 Å². The molecule has 0 atom stereocenters. The van der Waals surface area contributed by atoms with E-state index in [1.54, 1.807) is 30.3 Å². The number of carbonyl (C=O) groups is 1. The molecule has 0 aliphatic heterocycles. The molecule has 0 fully saturated rings. The fourth-order valence-electron chi connectivity index (χ4n) is 2.67. The van der Waals surface area contributed by atoms with Gasteiger partial charge in [0.2, 0.25) is 0 Å². The van der Waals surface area contributed by atoms with Gasteiger partial charge in [0.25, 0.3) is 0 Å². The Labute approximate surface area is 152 Å². The molecule has 128 valence electrons. The first kappa shape index (κ1) is 16.2. The highest BCUT2D eigenvalue weighted by atomic mass is 35.5. The maximum Gasteiger partial charge on any atom is 0.356 e. The van der Waals surface area contributed by atoms with Gasteiger partial charge in [0.15, 0.2) is 11.3 Å². The summed E-state index contributed by atoms with van der Waals surface area (Å²) in [5.74, 6) is -1.50. The van der Waals surface area contributed by atoms with Gasteiger partial charge in [0, 0.05) is 22.2 Å². The van der Waals surface area contributed by atoms with Crippen LogP contribution in [0.4, 0.5) is 4.39 Å². The molecule has 2 aromatic heterocycles. The molecule has 0 saturated carbocycles. The summed E-state index contributed by atoms with van der Waals surface area (Å²) in [7, 11) is 0. The highest BCUT2D eigenvalue weighted by molar-refractivity contribution is 6.30. The molecule has 0 unspecified atom stereocenters. The first-order valence-electron chi connectivity index (χ1n) is 7.67. The second-order valence-electron chi connectivity index (χ2n) is 5.65. The number of aromatic nitrogens is 3. The predicted octanol–water partition coefficient (Wildman–Crippen LogP) is 4.55. The smallest absolute Gasteiger partial charge is 0.356 e. The van der Waals surface area contributed by atoms with Crippen LogP contribution in [-0.2, 0) is 0 Å². The molecule has 0 spiro atoms. The maximum absolute atomic E-state index is 13.3. The fourth-order valence-corrected chi connectivity index (χ4v) is 2.80. The van der Waals surface area contributed by atoms with Gasteiger partial charge in [-0.25, -0.2) is 18.7 Å². The van der Waals surface area contributed by atoms with Crippen LogP contribution in [0.25, 0.3) is 28.2 Å². The summed E-state index contributed by atoms with van der Waals surface area (Å²) in [5.41, 5.74) is 3.01. The van der Waals surface area contributed by atoms with Gasteiger partial charge in [-0.2, -0.15) is 5.10 Å². The number of halogens is 2. The van der Waals surface area contributed by atoms with Crippen LogP contribution in [0.2, 0.25) is 5.02 Å². The molecule has 0 aliphatic rings. The minimum Gasteiger partial charge on any atom is -0.476 e. The quantitative estimate of drug-likeness (QED) is 0.576. The van der Waals surface area contributed by atoms with Crippen molar-refractivity contribution < 1.29 is 14.3 Å². The van der Waals surface area contributed by atoms with E-state index in [0.29, 0.717) is 27.6 Å². The van der Waals surface area contributed by atoms with Crippen molar-refractivity contribution in [1.29, 1.82) is 0 Å². The van der Waals surface area contributed by atoms with Crippen molar-refractivity contribution in [1.82, 2.24) is 14.6 Å². The summed E-state index contributed by atoms with van der Waals surface area (Å²) in [5, 5.41) is 13.9. The van der Waals surface area contributed by atoms with E-state index in [-0.39, 0.29) is 11.5 Å². The normalized spacial score (nSPS) is 11.0. The molecule has 2 aromatic carbocycles. The molecule has 0 aliphatic carbocycles. The number of nitrogens with zero attached hydrogens (tertiary/aromatic N) is 3. The van der Waals surface area contributed by atoms with E-state index in [2.05, 4.69) is 10.1 Å². The molecular formula is C19H11ClFN3O2. The summed E-state index contributed by atoms with van der Waals surface area (Å²) in [6, 6.07) is 16.2. The molecule has 0 bridgehead atoms. The van der Waals surface area contributed by atoms with Crippen LogP contribution >= 0.6 is 11.6 Å². The van der Waals surface area contributed by atoms with Crippen LogP contribution in [0.3, 0.4) is 0 Å². The van der Waals surface area contributed by atoms with Gasteiger partial charge in [0.1, 0.15) is 5.82 Å². The summed E-state index contributed by atoms with van der Waals surface area (Å²) in [6.07, 6.45) is 0. The molecule has 0 amide bonds. The topological polar surface area (TPSA) is 67.5 Å². The maximum atomic E-state index is 13.3. The Morgan fingerprint density at radius 2 is 1.65 bits per heavy atom. The van der Waals surface area contributed by atoms with Crippen molar-refractivity contribution in [3.8, 4) is 22.5 Å². The predicted molar refractivity (Wildman–Crippen MR) is 95.8 cm³/mol. The number of aromatic carboxylic acids is 1. The van der Waals surface area contributed by atoms with Crippen molar-refractivity contribution in [2.75, 3.05) is 0 Å². The monoisotopic (exact) mass is 367 g/mol. The van der Waals surface area contributed by atoms with Crippen molar-refractivity contribution in [3.05, 3.63) is 77.2 Å². The third kappa shape index (κ3) is 2.91. The van der Waals surface area contributed by atoms with Crippen LogP contribution in [0.1, 0.15) is 10.5 Å². The standard InChI is InChI=1S/C19H11ClFN3O2/c20-13-5-1-11(2-6-13)15-9-17(12-3-7-14(21)8-4-12)24-18(22-15)10-16(23-24)19(25)26/h1-10H,(H,25,26). The highest BCUT2D eigenvalue weighted by Crippen LogP contribution is 2.27. The number of carboxylic acids is 1. The first-order chi connectivity index (χ1) is 12.5. The molecule has 4 rings (SSSR count). The minimum atomic E-state index is -1.14. The number of rotatable bonds is 3. The van der Waals surface area contributed by atoms with E-state index in [0.717, 1.165) is 5.56 Å². The lowest BCUT2D eigenvalue weighted by Crippen LogP contribution is -2.01. The lowest BCUT2D eigenvalue weighted by molar-refractivity contribution is 0.0690. The summed E-state index contributed by atoms with van der Waals surface area (Å²) < 4.78 is 14.7. The van der Waals surface area contributed by atoms with Crippen molar-refractivity contribution in [2.24, 2.45) is 0 Å². The Bertz CT molecular complexity index is 1120. The van der Waals surface area contributed by atoms with Gasteiger partial charge < -0.3 is 5.11 Å². The van der Waals surface area contributed by atoms with Crippen LogP contribution in [0.15, 0.2) is 60.7 Å². The van der Waals surface area contributed by atoms with Gasteiger partial charge in [0.05, 0.1) is 11.4 Å². The van der Waals surface area contributed by atoms with Crippen molar-refractivity contribution in [2.45, 2.75) is 0 Å². The first-order valence-corrected chi connectivity index (χ1v) is 8.05.